The highest BCUT2D eigenvalue weighted by atomic mass is 16.7. The molecule has 0 saturated carbocycles. The summed E-state index contributed by atoms with van der Waals surface area (Å²) in [5.74, 6) is 1.63. The molecule has 0 bridgehead atoms. The Morgan fingerprint density at radius 3 is 1.62 bits per heavy atom. The number of hydrogen-bond acceptors (Lipinski definition) is 7. The molecule has 0 spiro atoms. The van der Waals surface area contributed by atoms with Crippen LogP contribution in [0.3, 0.4) is 0 Å². The first-order valence-electron chi connectivity index (χ1n) is 23.0. The molecule has 0 amide bonds. The van der Waals surface area contributed by atoms with E-state index < -0.39 is 43.4 Å². The van der Waals surface area contributed by atoms with Crippen molar-refractivity contribution in [2.45, 2.75) is 146 Å². The van der Waals surface area contributed by atoms with Gasteiger partial charge in [0.1, 0.15) is 24.4 Å². The minimum atomic E-state index is -1.46. The van der Waals surface area contributed by atoms with Gasteiger partial charge in [0.2, 0.25) is 0 Å². The van der Waals surface area contributed by atoms with Gasteiger partial charge in [-0.15, -0.1) is 0 Å². The highest BCUT2D eigenvalue weighted by molar-refractivity contribution is 5.33. The zero-order valence-electron chi connectivity index (χ0n) is 40.5. The van der Waals surface area contributed by atoms with Gasteiger partial charge in [-0.05, 0) is 104 Å². The fraction of sp³-hybridized carbons (Fsp3) is 0.536. The van der Waals surface area contributed by atoms with Crippen LogP contribution in [0.15, 0.2) is 154 Å². The summed E-state index contributed by atoms with van der Waals surface area (Å²) < 4.78 is 11.3. The Bertz CT molecular complexity index is 1880. The van der Waals surface area contributed by atoms with E-state index in [0.717, 1.165) is 36.8 Å². The molecule has 0 unspecified atom stereocenters. The van der Waals surface area contributed by atoms with E-state index in [1.54, 1.807) is 0 Å². The molecule has 0 aromatic carbocycles. The van der Waals surface area contributed by atoms with Gasteiger partial charge in [0.05, 0.1) is 19.3 Å². The minimum Gasteiger partial charge on any atom is -0.394 e. The fourth-order valence-corrected chi connectivity index (χ4v) is 8.91. The minimum absolute atomic E-state index is 0.0199. The molecule has 0 aromatic rings. The number of allylic oxidation sites excluding steroid dienone is 24. The summed E-state index contributed by atoms with van der Waals surface area (Å²) in [5, 5.41) is 49.4. The molecular formula is C56H82O7. The third kappa shape index (κ3) is 16.4. The molecule has 1 fully saturated rings. The third-order valence-corrected chi connectivity index (χ3v) is 13.5. The van der Waals surface area contributed by atoms with Gasteiger partial charge in [-0.1, -0.05) is 182 Å². The Hall–Kier alpha value is -3.66. The zero-order valence-corrected chi connectivity index (χ0v) is 40.5. The summed E-state index contributed by atoms with van der Waals surface area (Å²) in [6.07, 6.45) is 38.5. The molecule has 1 heterocycles. The van der Waals surface area contributed by atoms with Crippen molar-refractivity contribution in [2.24, 2.45) is 34.5 Å². The summed E-state index contributed by atoms with van der Waals surface area (Å²) in [6, 6.07) is 0. The molecule has 63 heavy (non-hydrogen) atoms. The van der Waals surface area contributed by atoms with Crippen molar-refractivity contribution in [3.05, 3.63) is 154 Å². The van der Waals surface area contributed by atoms with Crippen molar-refractivity contribution in [1.82, 2.24) is 0 Å². The number of rotatable bonds is 19. The summed E-state index contributed by atoms with van der Waals surface area (Å²) in [7, 11) is 0. The topological polar surface area (TPSA) is 120 Å². The predicted octanol–water partition coefficient (Wildman–Crippen LogP) is 11.2. The van der Waals surface area contributed by atoms with Crippen LogP contribution < -0.4 is 0 Å². The van der Waals surface area contributed by atoms with E-state index in [1.807, 2.05) is 19.9 Å². The van der Waals surface area contributed by atoms with Crippen LogP contribution in [0, 0.1) is 34.5 Å². The van der Waals surface area contributed by atoms with Gasteiger partial charge in [-0.2, -0.15) is 0 Å². The van der Waals surface area contributed by atoms with Crippen LogP contribution in [0.2, 0.25) is 0 Å². The standard InChI is InChI=1S/C56H82O7/c1-38(18-13-14-19-39(2)21-16-23-41(4)28-35-49-44(7)30-33-47(56(49,11)12)31-26-42(5)36-57)20-15-22-40(3)27-34-48-43(6)29-32-46(55(48,9)10)25-17-24-45(8)62-54-53(61)52(60)51(59)50(37-58)63-54/h13-24,26-30,34-35,45-54,57-61H,25,31-33,36-37H2,1-12H3/b14-13+,20-15+,21-16+,24-17-,34-27+,35-28+,38-18+,39-19+,40-22+,41-23+,42-26+/t45-,46-,47-,48-,49-,50-,51-,52+,53-,54-/m1/s1. The third-order valence-electron chi connectivity index (χ3n) is 13.5. The lowest BCUT2D eigenvalue weighted by molar-refractivity contribution is -0.306. The van der Waals surface area contributed by atoms with E-state index in [1.165, 1.54) is 27.9 Å². The van der Waals surface area contributed by atoms with E-state index >= 15 is 0 Å². The lowest BCUT2D eigenvalue weighted by Gasteiger charge is -2.43. The molecule has 1 saturated heterocycles. The second-order valence-corrected chi connectivity index (χ2v) is 19.5. The Balaban J connectivity index is 1.50. The van der Waals surface area contributed by atoms with Crippen molar-refractivity contribution in [3.8, 4) is 0 Å². The van der Waals surface area contributed by atoms with Crippen molar-refractivity contribution in [2.75, 3.05) is 13.2 Å². The van der Waals surface area contributed by atoms with Crippen molar-refractivity contribution in [3.63, 3.8) is 0 Å². The molecule has 10 atom stereocenters. The SMILES string of the molecule is CC1=CC[C@@H](C/C=C\[C@@H](C)O[C@@H]2O[C@H](CO)[C@@H](O)[C@H](O)[C@H]2O)C(C)(C)[C@@H]1/C=C/C(C)=C/C=C/C(C)=C/C=C/C=C(C)/C=C/C=C(C)/C=C/[C@@H]1C(C)=CC[C@@H](C/C=C(\C)CO)C1(C)C. The highest BCUT2D eigenvalue weighted by Gasteiger charge is 2.44. The van der Waals surface area contributed by atoms with E-state index in [9.17, 15) is 25.5 Å². The summed E-state index contributed by atoms with van der Waals surface area (Å²) in [4.78, 5) is 0. The van der Waals surface area contributed by atoms with E-state index in [0.29, 0.717) is 23.7 Å². The quantitative estimate of drug-likeness (QED) is 0.0648. The monoisotopic (exact) mass is 867 g/mol. The van der Waals surface area contributed by atoms with Crippen LogP contribution in [-0.4, -0.2) is 75.6 Å². The van der Waals surface area contributed by atoms with Crippen LogP contribution in [0.5, 0.6) is 0 Å². The van der Waals surface area contributed by atoms with Gasteiger partial charge < -0.3 is 35.0 Å². The molecule has 3 aliphatic rings. The van der Waals surface area contributed by atoms with Gasteiger partial charge in [0.25, 0.3) is 0 Å². The molecule has 7 heteroatoms. The number of ether oxygens (including phenoxy) is 2. The lowest BCUT2D eigenvalue weighted by Crippen LogP contribution is -2.59. The smallest absolute Gasteiger partial charge is 0.187 e. The molecule has 5 N–H and O–H groups in total. The molecule has 0 aromatic heterocycles. The average Bonchev–Trinajstić information content (AvgIpc) is 3.22. The van der Waals surface area contributed by atoms with Crippen molar-refractivity contribution < 1.29 is 35.0 Å². The van der Waals surface area contributed by atoms with Crippen molar-refractivity contribution >= 4 is 0 Å². The van der Waals surface area contributed by atoms with Crippen LogP contribution in [0.4, 0.5) is 0 Å². The largest absolute Gasteiger partial charge is 0.394 e. The molecule has 3 rings (SSSR count). The van der Waals surface area contributed by atoms with Gasteiger partial charge in [0.15, 0.2) is 6.29 Å². The van der Waals surface area contributed by atoms with Crippen LogP contribution in [0.25, 0.3) is 0 Å². The second kappa shape index (κ2) is 25.7. The van der Waals surface area contributed by atoms with Crippen LogP contribution in [-0.2, 0) is 9.47 Å². The van der Waals surface area contributed by atoms with E-state index in [2.05, 4.69) is 179 Å². The van der Waals surface area contributed by atoms with E-state index in [4.69, 9.17) is 9.47 Å². The summed E-state index contributed by atoms with van der Waals surface area (Å²) in [6.45, 7) is 25.9. The molecule has 7 nitrogen and oxygen atoms in total. The van der Waals surface area contributed by atoms with Gasteiger partial charge >= 0.3 is 0 Å². The molecule has 348 valence electrons. The number of aliphatic hydroxyl groups is 5. The Morgan fingerprint density at radius 2 is 1.14 bits per heavy atom. The first-order valence-corrected chi connectivity index (χ1v) is 23.0. The Labute approximate surface area is 381 Å². The maximum Gasteiger partial charge on any atom is 0.187 e. The zero-order chi connectivity index (χ0) is 46.9. The number of hydrogen-bond donors (Lipinski definition) is 5. The first kappa shape index (κ1) is 53.7. The number of aliphatic hydroxyl groups excluding tert-OH is 5. The first-order chi connectivity index (χ1) is 29.7. The Morgan fingerprint density at radius 1 is 0.683 bits per heavy atom. The second-order valence-electron chi connectivity index (χ2n) is 19.5. The molecule has 1 aliphatic heterocycles. The average molecular weight is 867 g/mol. The van der Waals surface area contributed by atoms with Crippen molar-refractivity contribution in [1.29, 1.82) is 0 Å². The maximum absolute atomic E-state index is 10.3. The lowest BCUT2D eigenvalue weighted by atomic mass is 9.61. The van der Waals surface area contributed by atoms with Crippen LogP contribution in [0.1, 0.15) is 109 Å². The van der Waals surface area contributed by atoms with Crippen LogP contribution >= 0.6 is 0 Å². The molecule has 0 radical (unpaired) electrons. The summed E-state index contributed by atoms with van der Waals surface area (Å²) in [5.41, 5.74) is 8.77. The summed E-state index contributed by atoms with van der Waals surface area (Å²) >= 11 is 0. The fourth-order valence-electron chi connectivity index (χ4n) is 8.91. The molecular weight excluding hydrogens is 785 g/mol. The van der Waals surface area contributed by atoms with Gasteiger partial charge in [0, 0.05) is 11.8 Å². The van der Waals surface area contributed by atoms with Gasteiger partial charge in [-0.25, -0.2) is 0 Å². The highest BCUT2D eigenvalue weighted by Crippen LogP contribution is 2.48. The van der Waals surface area contributed by atoms with Gasteiger partial charge in [-0.3, -0.25) is 0 Å². The predicted molar refractivity (Wildman–Crippen MR) is 263 cm³/mol. The Kier molecular flexibility index (Phi) is 21.9. The normalized spacial score (nSPS) is 31.1. The van der Waals surface area contributed by atoms with E-state index in [-0.39, 0.29) is 17.4 Å². The molecule has 2 aliphatic carbocycles. The maximum atomic E-state index is 10.3.